The van der Waals surface area contributed by atoms with Crippen LogP contribution >= 0.6 is 15.9 Å². The van der Waals surface area contributed by atoms with E-state index < -0.39 is 0 Å². The van der Waals surface area contributed by atoms with Gasteiger partial charge in [-0.2, -0.15) is 0 Å². The van der Waals surface area contributed by atoms with Gasteiger partial charge >= 0.3 is 0 Å². The number of halogens is 1. The number of piperazine rings is 1. The van der Waals surface area contributed by atoms with Crippen molar-refractivity contribution >= 4 is 21.6 Å². The van der Waals surface area contributed by atoms with Crippen LogP contribution in [-0.4, -0.2) is 74.4 Å². The summed E-state index contributed by atoms with van der Waals surface area (Å²) in [4.78, 5) is 4.86. The smallest absolute Gasteiger partial charge is 0.0558 e. The van der Waals surface area contributed by atoms with E-state index in [1.165, 1.54) is 41.4 Å². The number of β-amino-alcohol motifs (C(OH)–C–C–N with tert-alkyl or cyclic N) is 1. The van der Waals surface area contributed by atoms with Gasteiger partial charge < -0.3 is 15.7 Å². The minimum Gasteiger partial charge on any atom is -0.395 e. The molecule has 1 heterocycles. The van der Waals surface area contributed by atoms with E-state index in [0.29, 0.717) is 5.92 Å². The van der Waals surface area contributed by atoms with Crippen LogP contribution in [0.5, 0.6) is 0 Å². The van der Waals surface area contributed by atoms with Crippen LogP contribution in [-0.2, 0) is 0 Å². The van der Waals surface area contributed by atoms with Gasteiger partial charge in [0.1, 0.15) is 0 Å². The first kappa shape index (κ1) is 21.6. The van der Waals surface area contributed by atoms with E-state index in [1.807, 2.05) is 7.05 Å². The molecule has 28 heavy (non-hydrogen) atoms. The van der Waals surface area contributed by atoms with Crippen LogP contribution in [0.3, 0.4) is 0 Å². The van der Waals surface area contributed by atoms with Gasteiger partial charge in [0, 0.05) is 63.0 Å². The minimum absolute atomic E-state index is 0.272. The van der Waals surface area contributed by atoms with E-state index in [4.69, 9.17) is 5.11 Å². The highest BCUT2D eigenvalue weighted by Crippen LogP contribution is 2.40. The van der Waals surface area contributed by atoms with Gasteiger partial charge in [-0.05, 0) is 65.4 Å². The molecule has 0 unspecified atom stereocenters. The van der Waals surface area contributed by atoms with Gasteiger partial charge in [0.15, 0.2) is 0 Å². The lowest BCUT2D eigenvalue weighted by Crippen LogP contribution is -2.48. The van der Waals surface area contributed by atoms with E-state index in [1.54, 1.807) is 5.57 Å². The van der Waals surface area contributed by atoms with Crippen molar-refractivity contribution in [2.24, 2.45) is 0 Å². The van der Waals surface area contributed by atoms with Crippen molar-refractivity contribution in [2.45, 2.75) is 31.6 Å². The number of aliphatic hydroxyl groups excluding tert-OH is 1. The molecule has 0 amide bonds. The molecule has 0 spiro atoms. The lowest BCUT2D eigenvalue weighted by atomic mass is 9.82. The highest BCUT2D eigenvalue weighted by Gasteiger charge is 2.21. The standard InChI is InChI=1S/C22H35BrN4O/c1-24-21-4-2-3-20(22(21)23)19-7-5-18(6-8-19)17-25-9-10-26-11-13-27(14-12-26)15-16-28/h2-4,17,19,24-25,28H,5-16H2,1H3. The van der Waals surface area contributed by atoms with Crippen LogP contribution in [0, 0.1) is 0 Å². The molecule has 156 valence electrons. The predicted octanol–water partition coefficient (Wildman–Crippen LogP) is 3.23. The zero-order valence-corrected chi connectivity index (χ0v) is 18.7. The monoisotopic (exact) mass is 450 g/mol. The quantitative estimate of drug-likeness (QED) is 0.530. The van der Waals surface area contributed by atoms with Crippen LogP contribution in [0.25, 0.3) is 0 Å². The Labute approximate surface area is 178 Å². The fraction of sp³-hybridized carbons (Fsp3) is 0.636. The summed E-state index contributed by atoms with van der Waals surface area (Å²) in [6.07, 6.45) is 7.11. The number of rotatable bonds is 8. The Bertz CT molecular complexity index is 633. The molecule has 5 nitrogen and oxygen atoms in total. The topological polar surface area (TPSA) is 50.8 Å². The molecule has 3 N–H and O–H groups in total. The Balaban J connectivity index is 1.37. The molecule has 1 aromatic rings. The first-order valence-electron chi connectivity index (χ1n) is 10.6. The zero-order chi connectivity index (χ0) is 19.8. The van der Waals surface area contributed by atoms with Crippen molar-refractivity contribution in [2.75, 3.05) is 64.8 Å². The fourth-order valence-electron chi connectivity index (χ4n) is 4.32. The van der Waals surface area contributed by atoms with E-state index >= 15 is 0 Å². The average molecular weight is 451 g/mol. The van der Waals surface area contributed by atoms with Crippen LogP contribution in [0.15, 0.2) is 34.4 Å². The third-order valence-corrected chi connectivity index (χ3v) is 7.01. The Morgan fingerprint density at radius 2 is 1.79 bits per heavy atom. The number of nitrogens with zero attached hydrogens (tertiary/aromatic N) is 2. The molecule has 3 rings (SSSR count). The Morgan fingerprint density at radius 3 is 2.43 bits per heavy atom. The highest BCUT2D eigenvalue weighted by molar-refractivity contribution is 9.10. The predicted molar refractivity (Wildman–Crippen MR) is 121 cm³/mol. The van der Waals surface area contributed by atoms with E-state index in [9.17, 15) is 0 Å². The molecule has 0 aromatic heterocycles. The van der Waals surface area contributed by atoms with Gasteiger partial charge in [0.05, 0.1) is 6.61 Å². The van der Waals surface area contributed by atoms with Crippen LogP contribution < -0.4 is 10.6 Å². The molecule has 0 bridgehead atoms. The molecule has 2 fully saturated rings. The van der Waals surface area contributed by atoms with Crippen molar-refractivity contribution in [1.82, 2.24) is 15.1 Å². The van der Waals surface area contributed by atoms with Crippen LogP contribution in [0.4, 0.5) is 5.69 Å². The van der Waals surface area contributed by atoms with Crippen molar-refractivity contribution < 1.29 is 5.11 Å². The highest BCUT2D eigenvalue weighted by atomic mass is 79.9. The second kappa shape index (κ2) is 11.2. The van der Waals surface area contributed by atoms with Gasteiger partial charge in [-0.3, -0.25) is 9.80 Å². The Hall–Kier alpha value is -1.08. The molecule has 1 aliphatic carbocycles. The number of benzene rings is 1. The molecule has 0 radical (unpaired) electrons. The summed E-state index contributed by atoms with van der Waals surface area (Å²) in [5.41, 5.74) is 4.18. The lowest BCUT2D eigenvalue weighted by molar-refractivity contribution is 0.114. The first-order valence-corrected chi connectivity index (χ1v) is 11.4. The van der Waals surface area contributed by atoms with Crippen molar-refractivity contribution in [1.29, 1.82) is 0 Å². The third-order valence-electron chi connectivity index (χ3n) is 6.13. The van der Waals surface area contributed by atoms with Gasteiger partial charge in [-0.25, -0.2) is 0 Å². The summed E-state index contributed by atoms with van der Waals surface area (Å²) in [5, 5.41) is 15.8. The maximum atomic E-state index is 9.02. The molecule has 1 saturated heterocycles. The van der Waals surface area contributed by atoms with Crippen molar-refractivity contribution in [3.05, 3.63) is 40.0 Å². The van der Waals surface area contributed by atoms with Crippen molar-refractivity contribution in [3.8, 4) is 0 Å². The van der Waals surface area contributed by atoms with E-state index in [2.05, 4.69) is 60.8 Å². The number of hydrogen-bond acceptors (Lipinski definition) is 5. The minimum atomic E-state index is 0.272. The Morgan fingerprint density at radius 1 is 1.11 bits per heavy atom. The van der Waals surface area contributed by atoms with Gasteiger partial charge in [-0.1, -0.05) is 17.7 Å². The fourth-order valence-corrected chi connectivity index (χ4v) is 5.11. The average Bonchev–Trinajstić information content (AvgIpc) is 2.73. The molecular formula is C22H35BrN4O. The third kappa shape index (κ3) is 5.96. The molecule has 2 aliphatic rings. The molecular weight excluding hydrogens is 416 g/mol. The molecule has 1 aliphatic heterocycles. The number of hydrogen-bond donors (Lipinski definition) is 3. The summed E-state index contributed by atoms with van der Waals surface area (Å²) < 4.78 is 1.23. The summed E-state index contributed by atoms with van der Waals surface area (Å²) in [7, 11) is 1.98. The van der Waals surface area contributed by atoms with Gasteiger partial charge in [0.25, 0.3) is 0 Å². The van der Waals surface area contributed by atoms with Crippen LogP contribution in [0.1, 0.15) is 37.2 Å². The zero-order valence-electron chi connectivity index (χ0n) is 17.1. The first-order chi connectivity index (χ1) is 13.7. The number of nitrogens with one attached hydrogen (secondary N) is 2. The second-order valence-corrected chi connectivity index (χ2v) is 8.69. The molecule has 1 aromatic carbocycles. The second-order valence-electron chi connectivity index (χ2n) is 7.90. The Kier molecular flexibility index (Phi) is 8.65. The van der Waals surface area contributed by atoms with E-state index in [0.717, 1.165) is 45.8 Å². The lowest BCUT2D eigenvalue weighted by Gasteiger charge is -2.34. The summed E-state index contributed by atoms with van der Waals surface area (Å²) in [5.74, 6) is 0.648. The number of anilines is 1. The SMILES string of the molecule is CNc1cccc(C2CCC(=CNCCN3CCN(CCO)CC3)CC2)c1Br. The molecule has 0 atom stereocenters. The van der Waals surface area contributed by atoms with Gasteiger partial charge in [0.2, 0.25) is 0 Å². The number of allylic oxidation sites excluding steroid dienone is 1. The summed E-state index contributed by atoms with van der Waals surface area (Å²) >= 11 is 3.78. The molecule has 1 saturated carbocycles. The normalized spacial score (nSPS) is 21.5. The number of aliphatic hydroxyl groups is 1. The maximum absolute atomic E-state index is 9.02. The summed E-state index contributed by atoms with van der Waals surface area (Å²) in [6.45, 7) is 7.58. The maximum Gasteiger partial charge on any atom is 0.0558 e. The van der Waals surface area contributed by atoms with Crippen LogP contribution in [0.2, 0.25) is 0 Å². The van der Waals surface area contributed by atoms with Gasteiger partial charge in [-0.15, -0.1) is 0 Å². The van der Waals surface area contributed by atoms with Crippen molar-refractivity contribution in [3.63, 3.8) is 0 Å². The summed E-state index contributed by atoms with van der Waals surface area (Å²) in [6, 6.07) is 6.55. The molecule has 6 heteroatoms. The van der Waals surface area contributed by atoms with E-state index in [-0.39, 0.29) is 6.61 Å². The largest absolute Gasteiger partial charge is 0.395 e.